The predicted octanol–water partition coefficient (Wildman–Crippen LogP) is 3.09. The third-order valence-corrected chi connectivity index (χ3v) is 5.52. The molecule has 170 valence electrons. The summed E-state index contributed by atoms with van der Waals surface area (Å²) in [7, 11) is 0. The molecule has 32 heavy (non-hydrogen) atoms. The molecule has 0 bridgehead atoms. The van der Waals surface area contributed by atoms with Gasteiger partial charge in [-0.15, -0.1) is 0 Å². The highest BCUT2D eigenvalue weighted by molar-refractivity contribution is 5.97. The van der Waals surface area contributed by atoms with Crippen molar-refractivity contribution in [2.24, 2.45) is 5.92 Å². The van der Waals surface area contributed by atoms with E-state index in [1.54, 1.807) is 15.9 Å². The summed E-state index contributed by atoms with van der Waals surface area (Å²) in [4.78, 5) is 41.7. The van der Waals surface area contributed by atoms with E-state index in [1.165, 1.54) is 42.5 Å². The van der Waals surface area contributed by atoms with Gasteiger partial charge in [0.25, 0.3) is 11.8 Å². The maximum Gasteiger partial charge on any atom is 0.256 e. The number of rotatable bonds is 5. The molecule has 1 N–H and O–H groups in total. The summed E-state index contributed by atoms with van der Waals surface area (Å²) < 4.78 is 27.1. The highest BCUT2D eigenvalue weighted by atomic mass is 19.1. The lowest BCUT2D eigenvalue weighted by atomic mass is 10.0. The van der Waals surface area contributed by atoms with Crippen LogP contribution in [0.15, 0.2) is 48.5 Å². The fourth-order valence-corrected chi connectivity index (χ4v) is 3.68. The molecule has 6 nitrogen and oxygen atoms in total. The number of nitrogens with zero attached hydrogens (tertiary/aromatic N) is 2. The van der Waals surface area contributed by atoms with Crippen LogP contribution in [0.25, 0.3) is 0 Å². The number of nitrogens with one attached hydrogen (secondary N) is 1. The Kier molecular flexibility index (Phi) is 7.56. The maximum absolute atomic E-state index is 14.0. The lowest BCUT2D eigenvalue weighted by molar-refractivity contribution is -0.134. The van der Waals surface area contributed by atoms with Gasteiger partial charge < -0.3 is 15.1 Å². The van der Waals surface area contributed by atoms with E-state index >= 15 is 0 Å². The number of carbonyl (C=O) groups excluding carboxylic acids is 3. The topological polar surface area (TPSA) is 69.7 Å². The van der Waals surface area contributed by atoms with Gasteiger partial charge in [-0.2, -0.15) is 0 Å². The summed E-state index contributed by atoms with van der Waals surface area (Å²) >= 11 is 0. The second-order valence-electron chi connectivity index (χ2n) is 8.15. The largest absolute Gasteiger partial charge is 0.340 e. The van der Waals surface area contributed by atoms with Gasteiger partial charge in [0.2, 0.25) is 5.91 Å². The van der Waals surface area contributed by atoms with Gasteiger partial charge in [-0.05, 0) is 48.7 Å². The Morgan fingerprint density at radius 3 is 2.16 bits per heavy atom. The molecular formula is C24H27F2N3O3. The van der Waals surface area contributed by atoms with Gasteiger partial charge in [-0.1, -0.05) is 26.0 Å². The lowest BCUT2D eigenvalue weighted by Crippen LogP contribution is -2.52. The van der Waals surface area contributed by atoms with Crippen LogP contribution >= 0.6 is 0 Å². The predicted molar refractivity (Wildman–Crippen MR) is 116 cm³/mol. The second kappa shape index (κ2) is 10.3. The molecule has 3 amide bonds. The normalized spacial score (nSPS) is 15.3. The van der Waals surface area contributed by atoms with Gasteiger partial charge in [0, 0.05) is 31.7 Å². The monoisotopic (exact) mass is 443 g/mol. The highest BCUT2D eigenvalue weighted by Gasteiger charge is 2.31. The first-order chi connectivity index (χ1) is 15.3. The standard InChI is InChI=1S/C24H27F2N3O3/c1-16(2)21(27-22(30)17-8-10-18(25)11-9-17)24(32)29-13-5-12-28(14-15-29)23(31)19-6-3-4-7-20(19)26/h3-4,6-11,16,21H,5,12-15H2,1-2H3,(H,27,30). The van der Waals surface area contributed by atoms with Crippen LogP contribution in [-0.4, -0.2) is 59.7 Å². The van der Waals surface area contributed by atoms with Crippen LogP contribution in [0.5, 0.6) is 0 Å². The van der Waals surface area contributed by atoms with Gasteiger partial charge in [0.1, 0.15) is 17.7 Å². The molecule has 2 aromatic rings. The van der Waals surface area contributed by atoms with Crippen molar-refractivity contribution in [1.29, 1.82) is 0 Å². The average molecular weight is 443 g/mol. The third kappa shape index (κ3) is 5.49. The Bertz CT molecular complexity index is 979. The molecule has 1 heterocycles. The van der Waals surface area contributed by atoms with Crippen LogP contribution in [0.2, 0.25) is 0 Å². The van der Waals surface area contributed by atoms with Gasteiger partial charge in [-0.25, -0.2) is 8.78 Å². The van der Waals surface area contributed by atoms with Crippen LogP contribution in [0.1, 0.15) is 41.0 Å². The second-order valence-corrected chi connectivity index (χ2v) is 8.15. The fraction of sp³-hybridized carbons (Fsp3) is 0.375. The fourth-order valence-electron chi connectivity index (χ4n) is 3.68. The van der Waals surface area contributed by atoms with Gasteiger partial charge in [0.15, 0.2) is 0 Å². The first-order valence-corrected chi connectivity index (χ1v) is 10.7. The minimum atomic E-state index is -0.763. The zero-order chi connectivity index (χ0) is 23.3. The Labute approximate surface area is 186 Å². The summed E-state index contributed by atoms with van der Waals surface area (Å²) in [5.74, 6) is -2.29. The van der Waals surface area contributed by atoms with Gasteiger partial charge in [-0.3, -0.25) is 14.4 Å². The van der Waals surface area contributed by atoms with E-state index in [4.69, 9.17) is 0 Å². The number of hydrogen-bond acceptors (Lipinski definition) is 3. The number of benzene rings is 2. The van der Waals surface area contributed by atoms with Crippen LogP contribution < -0.4 is 5.32 Å². The number of halogens is 2. The van der Waals surface area contributed by atoms with Crippen LogP contribution in [0.3, 0.4) is 0 Å². The zero-order valence-corrected chi connectivity index (χ0v) is 18.2. The molecule has 2 aromatic carbocycles. The van der Waals surface area contributed by atoms with E-state index in [2.05, 4.69) is 5.32 Å². The molecule has 1 unspecified atom stereocenters. The maximum atomic E-state index is 14.0. The summed E-state index contributed by atoms with van der Waals surface area (Å²) in [6, 6.07) is 10.2. The van der Waals surface area contributed by atoms with E-state index in [0.29, 0.717) is 19.5 Å². The molecular weight excluding hydrogens is 416 g/mol. The molecule has 0 aromatic heterocycles. The van der Waals surface area contributed by atoms with Crippen molar-refractivity contribution in [3.8, 4) is 0 Å². The molecule has 1 fully saturated rings. The number of hydrogen-bond donors (Lipinski definition) is 1. The van der Waals surface area contributed by atoms with E-state index in [-0.39, 0.29) is 36.0 Å². The molecule has 0 saturated carbocycles. The Balaban J connectivity index is 1.66. The molecule has 0 radical (unpaired) electrons. The van der Waals surface area contributed by atoms with Crippen LogP contribution in [0, 0.1) is 17.6 Å². The summed E-state index contributed by atoms with van der Waals surface area (Å²) in [6.07, 6.45) is 0.544. The number of carbonyl (C=O) groups is 3. The van der Waals surface area contributed by atoms with Crippen molar-refractivity contribution in [1.82, 2.24) is 15.1 Å². The van der Waals surface area contributed by atoms with Crippen LogP contribution in [-0.2, 0) is 4.79 Å². The Morgan fingerprint density at radius 2 is 1.50 bits per heavy atom. The highest BCUT2D eigenvalue weighted by Crippen LogP contribution is 2.15. The zero-order valence-electron chi connectivity index (χ0n) is 18.2. The quantitative estimate of drug-likeness (QED) is 0.772. The van der Waals surface area contributed by atoms with Gasteiger partial charge >= 0.3 is 0 Å². The molecule has 8 heteroatoms. The van der Waals surface area contributed by atoms with Crippen molar-refractivity contribution < 1.29 is 23.2 Å². The van der Waals surface area contributed by atoms with Crippen molar-refractivity contribution in [2.75, 3.05) is 26.2 Å². The van der Waals surface area contributed by atoms with Crippen molar-refractivity contribution >= 4 is 17.7 Å². The summed E-state index contributed by atoms with van der Waals surface area (Å²) in [5, 5.41) is 2.75. The van der Waals surface area contributed by atoms with Gasteiger partial charge in [0.05, 0.1) is 5.56 Å². The number of amides is 3. The van der Waals surface area contributed by atoms with Crippen LogP contribution in [0.4, 0.5) is 8.78 Å². The summed E-state index contributed by atoms with van der Waals surface area (Å²) in [5.41, 5.74) is 0.279. The molecule has 1 aliphatic heterocycles. The average Bonchev–Trinajstić information content (AvgIpc) is 3.03. The van der Waals surface area contributed by atoms with E-state index < -0.39 is 29.5 Å². The lowest BCUT2D eigenvalue weighted by Gasteiger charge is -2.29. The Hall–Kier alpha value is -3.29. The third-order valence-electron chi connectivity index (χ3n) is 5.52. The van der Waals surface area contributed by atoms with Crippen molar-refractivity contribution in [3.63, 3.8) is 0 Å². The Morgan fingerprint density at radius 1 is 0.875 bits per heavy atom. The van der Waals surface area contributed by atoms with E-state index in [1.807, 2.05) is 13.8 Å². The SMILES string of the molecule is CC(C)C(NC(=O)c1ccc(F)cc1)C(=O)N1CCCN(C(=O)c2ccccc2F)CC1. The minimum absolute atomic E-state index is 0.0129. The summed E-state index contributed by atoms with van der Waals surface area (Å²) in [6.45, 7) is 5.06. The molecule has 1 aliphatic rings. The van der Waals surface area contributed by atoms with Crippen molar-refractivity contribution in [2.45, 2.75) is 26.3 Å². The van der Waals surface area contributed by atoms with E-state index in [9.17, 15) is 23.2 Å². The molecule has 1 saturated heterocycles. The first-order valence-electron chi connectivity index (χ1n) is 10.7. The molecule has 1 atom stereocenters. The minimum Gasteiger partial charge on any atom is -0.340 e. The molecule has 0 aliphatic carbocycles. The van der Waals surface area contributed by atoms with Crippen molar-refractivity contribution in [3.05, 3.63) is 71.3 Å². The first kappa shape index (κ1) is 23.4. The van der Waals surface area contributed by atoms with E-state index in [0.717, 1.165) is 0 Å². The smallest absolute Gasteiger partial charge is 0.256 e. The molecule has 3 rings (SSSR count). The molecule has 0 spiro atoms.